The van der Waals surface area contributed by atoms with Gasteiger partial charge >= 0.3 is 0 Å². The van der Waals surface area contributed by atoms with Crippen molar-refractivity contribution in [3.63, 3.8) is 0 Å². The summed E-state index contributed by atoms with van der Waals surface area (Å²) in [6.07, 6.45) is 0. The van der Waals surface area contributed by atoms with Crippen molar-refractivity contribution >= 4 is 27.3 Å². The summed E-state index contributed by atoms with van der Waals surface area (Å²) in [4.78, 5) is 1.33. The summed E-state index contributed by atoms with van der Waals surface area (Å²) in [5, 5.41) is 3.63. The zero-order chi connectivity index (χ0) is 14.8. The number of ether oxygens (including phenoxy) is 2. The molecule has 1 aromatic heterocycles. The van der Waals surface area contributed by atoms with Gasteiger partial charge in [0.25, 0.3) is 0 Å². The lowest BCUT2D eigenvalue weighted by Crippen LogP contribution is -2.22. The fourth-order valence-electron chi connectivity index (χ4n) is 2.44. The van der Waals surface area contributed by atoms with Crippen LogP contribution in [0.1, 0.15) is 36.4 Å². The normalized spacial score (nSPS) is 16.5. The fourth-order valence-corrected chi connectivity index (χ4v) is 3.88. The van der Waals surface area contributed by atoms with E-state index in [2.05, 4.69) is 59.4 Å². The first-order valence-electron chi connectivity index (χ1n) is 7.04. The van der Waals surface area contributed by atoms with Crippen LogP contribution < -0.4 is 14.8 Å². The van der Waals surface area contributed by atoms with Gasteiger partial charge in [0.1, 0.15) is 13.2 Å². The van der Waals surface area contributed by atoms with Crippen LogP contribution in [0.2, 0.25) is 0 Å². The summed E-state index contributed by atoms with van der Waals surface area (Å²) >= 11 is 5.28. The van der Waals surface area contributed by atoms with Crippen molar-refractivity contribution in [2.45, 2.75) is 25.9 Å². The molecule has 0 bridgehead atoms. The van der Waals surface area contributed by atoms with Crippen LogP contribution in [0.4, 0.5) is 0 Å². The zero-order valence-corrected chi connectivity index (χ0v) is 14.5. The van der Waals surface area contributed by atoms with E-state index >= 15 is 0 Å². The van der Waals surface area contributed by atoms with Gasteiger partial charge in [-0.25, -0.2) is 0 Å². The van der Waals surface area contributed by atoms with Crippen LogP contribution >= 0.6 is 27.3 Å². The molecule has 0 fully saturated rings. The summed E-state index contributed by atoms with van der Waals surface area (Å²) in [6, 6.07) is 11.0. The highest BCUT2D eigenvalue weighted by Crippen LogP contribution is 2.34. The maximum Gasteiger partial charge on any atom is 0.161 e. The quantitative estimate of drug-likeness (QED) is 0.849. The Morgan fingerprint density at radius 1 is 1.05 bits per heavy atom. The zero-order valence-electron chi connectivity index (χ0n) is 12.1. The number of hydrogen-bond donors (Lipinski definition) is 1. The van der Waals surface area contributed by atoms with E-state index in [-0.39, 0.29) is 6.04 Å². The van der Waals surface area contributed by atoms with E-state index in [9.17, 15) is 0 Å². The second-order valence-electron chi connectivity index (χ2n) is 5.16. The van der Waals surface area contributed by atoms with Crippen LogP contribution in [0.5, 0.6) is 11.5 Å². The second-order valence-corrected chi connectivity index (χ2v) is 7.65. The van der Waals surface area contributed by atoms with Crippen molar-refractivity contribution in [2.24, 2.45) is 0 Å². The molecule has 3 rings (SSSR count). The molecule has 21 heavy (non-hydrogen) atoms. The number of benzene rings is 1. The van der Waals surface area contributed by atoms with Gasteiger partial charge in [0.05, 0.1) is 3.79 Å². The first-order valence-corrected chi connectivity index (χ1v) is 8.65. The van der Waals surface area contributed by atoms with Crippen LogP contribution in [0.15, 0.2) is 34.1 Å². The Balaban J connectivity index is 1.71. The van der Waals surface area contributed by atoms with Crippen LogP contribution in [0, 0.1) is 0 Å². The summed E-state index contributed by atoms with van der Waals surface area (Å²) in [5.74, 6) is 1.69. The van der Waals surface area contributed by atoms with Gasteiger partial charge in [0.15, 0.2) is 11.5 Å². The first kappa shape index (κ1) is 14.9. The van der Waals surface area contributed by atoms with Crippen molar-refractivity contribution in [2.75, 3.05) is 13.2 Å². The van der Waals surface area contributed by atoms with Crippen molar-refractivity contribution in [1.29, 1.82) is 0 Å². The van der Waals surface area contributed by atoms with E-state index in [4.69, 9.17) is 9.47 Å². The summed E-state index contributed by atoms with van der Waals surface area (Å²) in [5.41, 5.74) is 1.21. The maximum atomic E-state index is 5.65. The molecule has 2 heterocycles. The Bertz CT molecular complexity index is 628. The predicted octanol–water partition coefficient (Wildman–Crippen LogP) is 4.69. The summed E-state index contributed by atoms with van der Waals surface area (Å²) in [6.45, 7) is 5.61. The minimum atomic E-state index is 0.247. The molecule has 0 aliphatic carbocycles. The van der Waals surface area contributed by atoms with Gasteiger partial charge in [0.2, 0.25) is 0 Å². The number of halogens is 1. The average molecular weight is 368 g/mol. The molecule has 0 amide bonds. The highest BCUT2D eigenvalue weighted by molar-refractivity contribution is 9.11. The SMILES string of the molecule is CC(NC(C)c1ccc(Br)s1)c1ccc2c(c1)OCCO2. The molecule has 1 aliphatic rings. The topological polar surface area (TPSA) is 30.5 Å². The largest absolute Gasteiger partial charge is 0.486 e. The third-order valence-corrected chi connectivity index (χ3v) is 5.39. The molecular formula is C16H18BrNO2S. The van der Waals surface area contributed by atoms with E-state index in [1.165, 1.54) is 10.4 Å². The van der Waals surface area contributed by atoms with Crippen LogP contribution in [0.25, 0.3) is 0 Å². The Kier molecular flexibility index (Phi) is 4.52. The van der Waals surface area contributed by atoms with Gasteiger partial charge in [-0.2, -0.15) is 0 Å². The van der Waals surface area contributed by atoms with E-state index in [1.807, 2.05) is 6.07 Å². The Labute approximate surface area is 137 Å². The maximum absolute atomic E-state index is 5.65. The van der Waals surface area contributed by atoms with Gasteiger partial charge in [-0.3, -0.25) is 0 Å². The minimum Gasteiger partial charge on any atom is -0.486 e. The molecule has 0 spiro atoms. The Morgan fingerprint density at radius 3 is 2.52 bits per heavy atom. The molecule has 2 atom stereocenters. The molecule has 112 valence electrons. The van der Waals surface area contributed by atoms with E-state index in [1.54, 1.807) is 11.3 Å². The van der Waals surface area contributed by atoms with Crippen molar-refractivity contribution < 1.29 is 9.47 Å². The minimum absolute atomic E-state index is 0.247. The van der Waals surface area contributed by atoms with Crippen LogP contribution in [-0.4, -0.2) is 13.2 Å². The van der Waals surface area contributed by atoms with Gasteiger partial charge in [0, 0.05) is 17.0 Å². The van der Waals surface area contributed by atoms with E-state index in [0.29, 0.717) is 19.3 Å². The van der Waals surface area contributed by atoms with Gasteiger partial charge < -0.3 is 14.8 Å². The number of hydrogen-bond acceptors (Lipinski definition) is 4. The smallest absolute Gasteiger partial charge is 0.161 e. The molecule has 1 aromatic carbocycles. The molecule has 0 radical (unpaired) electrons. The monoisotopic (exact) mass is 367 g/mol. The third-order valence-electron chi connectivity index (χ3n) is 3.59. The predicted molar refractivity (Wildman–Crippen MR) is 89.4 cm³/mol. The van der Waals surface area contributed by atoms with Crippen molar-refractivity contribution in [1.82, 2.24) is 5.32 Å². The molecule has 5 heteroatoms. The third kappa shape index (κ3) is 3.42. The lowest BCUT2D eigenvalue weighted by Gasteiger charge is -2.23. The molecule has 1 aliphatic heterocycles. The number of fused-ring (bicyclic) bond motifs is 1. The first-order chi connectivity index (χ1) is 10.1. The molecule has 1 N–H and O–H groups in total. The highest BCUT2D eigenvalue weighted by Gasteiger charge is 2.16. The van der Waals surface area contributed by atoms with E-state index in [0.717, 1.165) is 15.3 Å². The molecule has 2 unspecified atom stereocenters. The van der Waals surface area contributed by atoms with Gasteiger partial charge in [-0.1, -0.05) is 6.07 Å². The van der Waals surface area contributed by atoms with Gasteiger partial charge in [-0.05, 0) is 59.6 Å². The van der Waals surface area contributed by atoms with Crippen molar-refractivity contribution in [3.8, 4) is 11.5 Å². The Morgan fingerprint density at radius 2 is 1.81 bits per heavy atom. The standard InChI is InChI=1S/C16H18BrNO2S/c1-10(18-11(2)15-5-6-16(17)21-15)12-3-4-13-14(9-12)20-8-7-19-13/h3-6,9-11,18H,7-8H2,1-2H3. The van der Waals surface area contributed by atoms with Crippen LogP contribution in [-0.2, 0) is 0 Å². The highest BCUT2D eigenvalue weighted by atomic mass is 79.9. The fraction of sp³-hybridized carbons (Fsp3) is 0.375. The molecule has 0 saturated carbocycles. The molecule has 0 saturated heterocycles. The average Bonchev–Trinajstić information content (AvgIpc) is 2.93. The van der Waals surface area contributed by atoms with E-state index < -0.39 is 0 Å². The summed E-state index contributed by atoms with van der Waals surface area (Å²) in [7, 11) is 0. The molecule has 2 aromatic rings. The number of nitrogens with one attached hydrogen (secondary N) is 1. The number of thiophene rings is 1. The summed E-state index contributed by atoms with van der Waals surface area (Å²) < 4.78 is 12.4. The Hall–Kier alpha value is -1.04. The van der Waals surface area contributed by atoms with Gasteiger partial charge in [-0.15, -0.1) is 11.3 Å². The lowest BCUT2D eigenvalue weighted by atomic mass is 10.1. The number of rotatable bonds is 4. The molecule has 3 nitrogen and oxygen atoms in total. The lowest BCUT2D eigenvalue weighted by molar-refractivity contribution is 0.171. The van der Waals surface area contributed by atoms with Crippen molar-refractivity contribution in [3.05, 3.63) is 44.6 Å². The van der Waals surface area contributed by atoms with Crippen LogP contribution in [0.3, 0.4) is 0 Å². The molecular weight excluding hydrogens is 350 g/mol. The second kappa shape index (κ2) is 6.38.